The molecule has 0 unspecified atom stereocenters. The zero-order valence-corrected chi connectivity index (χ0v) is 17.5. The molecule has 0 bridgehead atoms. The highest BCUT2D eigenvalue weighted by atomic mass is 35.5. The average molecular weight is 431 g/mol. The molecule has 1 atom stereocenters. The van der Waals surface area contributed by atoms with Crippen molar-refractivity contribution in [1.82, 2.24) is 0 Å². The smallest absolute Gasteiger partial charge is 0.311 e. The molecule has 158 valence electrons. The molecule has 0 saturated carbocycles. The number of rotatable bonds is 7. The lowest BCUT2D eigenvalue weighted by molar-refractivity contribution is -0.151. The van der Waals surface area contributed by atoms with E-state index in [1.165, 1.54) is 4.90 Å². The third kappa shape index (κ3) is 5.73. The van der Waals surface area contributed by atoms with Crippen LogP contribution in [0.15, 0.2) is 48.5 Å². The second-order valence-electron chi connectivity index (χ2n) is 7.23. The molecule has 1 saturated heterocycles. The molecule has 3 rings (SSSR count). The molecule has 2 aromatic rings. The molecule has 1 N–H and O–H groups in total. The minimum atomic E-state index is -0.622. The van der Waals surface area contributed by atoms with Gasteiger partial charge in [-0.2, -0.15) is 0 Å². The molecule has 0 radical (unpaired) electrons. The van der Waals surface area contributed by atoms with Gasteiger partial charge in [-0.3, -0.25) is 14.4 Å². The number of esters is 1. The van der Waals surface area contributed by atoms with Gasteiger partial charge >= 0.3 is 5.97 Å². The van der Waals surface area contributed by atoms with Gasteiger partial charge < -0.3 is 19.7 Å². The Morgan fingerprint density at radius 3 is 2.60 bits per heavy atom. The van der Waals surface area contributed by atoms with E-state index in [0.717, 1.165) is 0 Å². The van der Waals surface area contributed by atoms with Crippen molar-refractivity contribution in [2.45, 2.75) is 26.4 Å². The third-order valence-corrected chi connectivity index (χ3v) is 4.67. The number of benzene rings is 2. The number of hydrogen-bond donors (Lipinski definition) is 1. The first-order valence-corrected chi connectivity index (χ1v) is 9.99. The highest BCUT2D eigenvalue weighted by Gasteiger charge is 2.36. The largest absolute Gasteiger partial charge is 0.491 e. The third-order valence-electron chi connectivity index (χ3n) is 4.43. The minimum Gasteiger partial charge on any atom is -0.491 e. The van der Waals surface area contributed by atoms with Gasteiger partial charge in [-0.05, 0) is 56.3 Å². The summed E-state index contributed by atoms with van der Waals surface area (Å²) in [5.74, 6) is -1.14. The van der Waals surface area contributed by atoms with E-state index in [0.29, 0.717) is 22.1 Å². The number of halogens is 1. The van der Waals surface area contributed by atoms with Gasteiger partial charge in [0.05, 0.1) is 12.0 Å². The number of nitrogens with zero attached hydrogens (tertiary/aromatic N) is 1. The van der Waals surface area contributed by atoms with Crippen molar-refractivity contribution in [2.24, 2.45) is 5.92 Å². The van der Waals surface area contributed by atoms with Crippen LogP contribution in [0.2, 0.25) is 5.02 Å². The lowest BCUT2D eigenvalue weighted by atomic mass is 10.1. The highest BCUT2D eigenvalue weighted by Crippen LogP contribution is 2.27. The Hall–Kier alpha value is -3.06. The number of anilines is 2. The number of hydrogen-bond acceptors (Lipinski definition) is 5. The van der Waals surface area contributed by atoms with Crippen molar-refractivity contribution in [1.29, 1.82) is 0 Å². The quantitative estimate of drug-likeness (QED) is 0.677. The van der Waals surface area contributed by atoms with Crippen LogP contribution in [0.1, 0.15) is 20.3 Å². The summed E-state index contributed by atoms with van der Waals surface area (Å²) in [4.78, 5) is 38.2. The zero-order chi connectivity index (χ0) is 21.7. The van der Waals surface area contributed by atoms with E-state index < -0.39 is 24.4 Å². The van der Waals surface area contributed by atoms with Gasteiger partial charge in [-0.1, -0.05) is 17.7 Å². The summed E-state index contributed by atoms with van der Waals surface area (Å²) in [6, 6.07) is 13.8. The second-order valence-corrected chi connectivity index (χ2v) is 7.67. The monoisotopic (exact) mass is 430 g/mol. The lowest BCUT2D eigenvalue weighted by Gasteiger charge is -2.17. The Kier molecular flexibility index (Phi) is 6.95. The number of carbonyl (C=O) groups is 3. The fraction of sp³-hybridized carbons (Fsp3) is 0.318. The Balaban J connectivity index is 1.51. The normalized spacial score (nSPS) is 15.9. The highest BCUT2D eigenvalue weighted by molar-refractivity contribution is 6.30. The maximum atomic E-state index is 12.4. The van der Waals surface area contributed by atoms with Gasteiger partial charge in [-0.15, -0.1) is 0 Å². The first kappa shape index (κ1) is 21.6. The van der Waals surface area contributed by atoms with E-state index >= 15 is 0 Å². The number of ether oxygens (including phenoxy) is 2. The molecule has 0 aromatic heterocycles. The van der Waals surface area contributed by atoms with E-state index in [4.69, 9.17) is 21.1 Å². The number of amides is 2. The molecule has 2 amide bonds. The van der Waals surface area contributed by atoms with E-state index in [-0.39, 0.29) is 25.0 Å². The molecule has 1 aliphatic rings. The molecule has 7 nitrogen and oxygen atoms in total. The molecular formula is C22H23ClN2O5. The summed E-state index contributed by atoms with van der Waals surface area (Å²) in [6.07, 6.45) is 0.0958. The summed E-state index contributed by atoms with van der Waals surface area (Å²) in [6.45, 7) is 3.64. The van der Waals surface area contributed by atoms with E-state index in [1.54, 1.807) is 48.5 Å². The molecule has 1 fully saturated rings. The van der Waals surface area contributed by atoms with Crippen LogP contribution in [-0.2, 0) is 19.1 Å². The Morgan fingerprint density at radius 1 is 1.20 bits per heavy atom. The summed E-state index contributed by atoms with van der Waals surface area (Å²) < 4.78 is 10.7. The van der Waals surface area contributed by atoms with Crippen LogP contribution in [0.3, 0.4) is 0 Å². The zero-order valence-electron chi connectivity index (χ0n) is 16.8. The maximum absolute atomic E-state index is 12.4. The van der Waals surface area contributed by atoms with E-state index in [1.807, 2.05) is 13.8 Å². The predicted molar refractivity (Wildman–Crippen MR) is 114 cm³/mol. The van der Waals surface area contributed by atoms with E-state index in [9.17, 15) is 14.4 Å². The van der Waals surface area contributed by atoms with Crippen molar-refractivity contribution in [3.8, 4) is 5.75 Å². The minimum absolute atomic E-state index is 0.0407. The van der Waals surface area contributed by atoms with Crippen molar-refractivity contribution in [3.05, 3.63) is 53.6 Å². The summed E-state index contributed by atoms with van der Waals surface area (Å²) in [5.41, 5.74) is 1.20. The molecule has 0 aliphatic carbocycles. The molecule has 30 heavy (non-hydrogen) atoms. The first-order valence-electron chi connectivity index (χ1n) is 9.61. The van der Waals surface area contributed by atoms with Crippen molar-refractivity contribution >= 4 is 40.8 Å². The molecule has 2 aromatic carbocycles. The van der Waals surface area contributed by atoms with Gasteiger partial charge in [0.2, 0.25) is 5.91 Å². The van der Waals surface area contributed by atoms with Crippen LogP contribution in [0.25, 0.3) is 0 Å². The number of carbonyl (C=O) groups excluding carboxylic acids is 3. The molecule has 1 heterocycles. The molecule has 8 heteroatoms. The summed E-state index contributed by atoms with van der Waals surface area (Å²) >= 11 is 5.87. The Bertz CT molecular complexity index is 929. The predicted octanol–water partition coefficient (Wildman–Crippen LogP) is 3.66. The summed E-state index contributed by atoms with van der Waals surface area (Å²) in [5, 5.41) is 3.09. The van der Waals surface area contributed by atoms with Crippen LogP contribution in [0.5, 0.6) is 5.75 Å². The van der Waals surface area contributed by atoms with Crippen molar-refractivity contribution in [2.75, 3.05) is 23.4 Å². The van der Waals surface area contributed by atoms with Gasteiger partial charge in [0.1, 0.15) is 5.75 Å². The standard InChI is InChI=1S/C22H23ClN2O5/c1-14(2)30-19-8-6-18(7-9-19)25-12-15(10-21(25)27)22(28)29-13-20(26)24-17-5-3-4-16(23)11-17/h3-9,11,14-15H,10,12-13H2,1-2H3,(H,24,26)/t15-/m1/s1. The van der Waals surface area contributed by atoms with Gasteiger partial charge in [0.25, 0.3) is 5.91 Å². The molecular weight excluding hydrogens is 408 g/mol. The van der Waals surface area contributed by atoms with Crippen molar-refractivity contribution < 1.29 is 23.9 Å². The first-order chi connectivity index (χ1) is 14.3. The maximum Gasteiger partial charge on any atom is 0.311 e. The fourth-order valence-electron chi connectivity index (χ4n) is 3.11. The second kappa shape index (κ2) is 9.63. The lowest BCUT2D eigenvalue weighted by Crippen LogP contribution is -2.28. The number of nitrogens with one attached hydrogen (secondary N) is 1. The Morgan fingerprint density at radius 2 is 1.93 bits per heavy atom. The fourth-order valence-corrected chi connectivity index (χ4v) is 3.30. The average Bonchev–Trinajstić information content (AvgIpc) is 3.08. The van der Waals surface area contributed by atoms with Crippen LogP contribution < -0.4 is 15.0 Å². The van der Waals surface area contributed by atoms with Gasteiger partial charge in [0.15, 0.2) is 6.61 Å². The topological polar surface area (TPSA) is 84.9 Å². The van der Waals surface area contributed by atoms with Crippen LogP contribution in [0.4, 0.5) is 11.4 Å². The van der Waals surface area contributed by atoms with Gasteiger partial charge in [0, 0.05) is 29.4 Å². The summed E-state index contributed by atoms with van der Waals surface area (Å²) in [7, 11) is 0. The van der Waals surface area contributed by atoms with Crippen LogP contribution in [-0.4, -0.2) is 37.0 Å². The van der Waals surface area contributed by atoms with Crippen molar-refractivity contribution in [3.63, 3.8) is 0 Å². The van der Waals surface area contributed by atoms with Gasteiger partial charge in [-0.25, -0.2) is 0 Å². The Labute approximate surface area is 179 Å². The van der Waals surface area contributed by atoms with Crippen LogP contribution >= 0.6 is 11.6 Å². The van der Waals surface area contributed by atoms with Crippen LogP contribution in [0, 0.1) is 5.92 Å². The molecule has 1 aliphatic heterocycles. The SMILES string of the molecule is CC(C)Oc1ccc(N2C[C@H](C(=O)OCC(=O)Nc3cccc(Cl)c3)CC2=O)cc1. The van der Waals surface area contributed by atoms with E-state index in [2.05, 4.69) is 5.32 Å². The molecule has 0 spiro atoms.